The Kier molecular flexibility index (Phi) is 6.03. The van der Waals surface area contributed by atoms with Gasteiger partial charge in [-0.2, -0.15) is 9.37 Å². The lowest BCUT2D eigenvalue weighted by atomic mass is 9.79. The predicted molar refractivity (Wildman–Crippen MR) is 141 cm³/mol. The van der Waals surface area contributed by atoms with Crippen molar-refractivity contribution in [3.05, 3.63) is 59.9 Å². The van der Waals surface area contributed by atoms with Gasteiger partial charge in [-0.05, 0) is 62.3 Å². The Morgan fingerprint density at radius 1 is 0.949 bits per heavy atom. The molecule has 1 saturated carbocycles. The number of hydrogen-bond acceptors (Lipinski definition) is 8. The zero-order valence-electron chi connectivity index (χ0n) is 21.2. The Morgan fingerprint density at radius 3 is 2.69 bits per heavy atom. The van der Waals surface area contributed by atoms with Gasteiger partial charge in [0.15, 0.2) is 23.3 Å². The van der Waals surface area contributed by atoms with E-state index in [1.165, 1.54) is 18.2 Å². The summed E-state index contributed by atoms with van der Waals surface area (Å²) in [6.07, 6.45) is 12.1. The van der Waals surface area contributed by atoms with Gasteiger partial charge in [0.25, 0.3) is 5.95 Å². The molecule has 0 radical (unpaired) electrons. The van der Waals surface area contributed by atoms with E-state index in [4.69, 9.17) is 9.97 Å². The average molecular weight is 533 g/mol. The van der Waals surface area contributed by atoms with Gasteiger partial charge in [-0.15, -0.1) is 0 Å². The number of anilines is 3. The highest BCUT2D eigenvalue weighted by molar-refractivity contribution is 5.94. The molecular formula is C28H27F3N8. The van der Waals surface area contributed by atoms with Gasteiger partial charge in [0, 0.05) is 48.0 Å². The highest BCUT2D eigenvalue weighted by atomic mass is 19.2. The molecule has 2 N–H and O–H groups in total. The second-order valence-electron chi connectivity index (χ2n) is 10.5. The highest BCUT2D eigenvalue weighted by Crippen LogP contribution is 2.43. The van der Waals surface area contributed by atoms with E-state index >= 15 is 0 Å². The maximum atomic E-state index is 14.2. The number of aromatic nitrogens is 5. The number of fused-ring (bicyclic) bond motifs is 2. The van der Waals surface area contributed by atoms with Crippen LogP contribution in [0.4, 0.5) is 30.6 Å². The normalized spacial score (nSPS) is 21.2. The first-order valence-electron chi connectivity index (χ1n) is 13.5. The standard InChI is InChI=1S/C28H27F3N8/c29-18-12-19(30)27(37-25(18)31)36-23-11-16(6-9-34-23)26-35-21-14-32-13-17(15-3-1-4-15)24(21)28(38-26)39-10-7-20-22(39)5-2-8-33-20/h6,9,11-15,20,22,33H,1-5,7-8,10H2,(H,34,36,37). The van der Waals surface area contributed by atoms with E-state index in [9.17, 15) is 13.2 Å². The fourth-order valence-corrected chi connectivity index (χ4v) is 6.06. The Bertz CT molecular complexity index is 1560. The average Bonchev–Trinajstić information content (AvgIpc) is 3.35. The Labute approximate surface area is 223 Å². The van der Waals surface area contributed by atoms with Gasteiger partial charge in [-0.3, -0.25) is 4.98 Å². The van der Waals surface area contributed by atoms with Crippen LogP contribution in [0, 0.1) is 17.6 Å². The molecule has 4 aromatic rings. The van der Waals surface area contributed by atoms with Crippen molar-refractivity contribution in [3.63, 3.8) is 0 Å². The summed E-state index contributed by atoms with van der Waals surface area (Å²) in [5, 5.41) is 7.39. The summed E-state index contributed by atoms with van der Waals surface area (Å²) in [5.41, 5.74) is 2.64. The van der Waals surface area contributed by atoms with Gasteiger partial charge in [0.1, 0.15) is 11.6 Å². The first-order valence-corrected chi connectivity index (χ1v) is 13.5. The smallest absolute Gasteiger partial charge is 0.251 e. The number of pyridine rings is 3. The van der Waals surface area contributed by atoms with Crippen molar-refractivity contribution in [1.29, 1.82) is 0 Å². The molecule has 3 aliphatic rings. The van der Waals surface area contributed by atoms with Crippen LogP contribution in [-0.2, 0) is 0 Å². The fourth-order valence-electron chi connectivity index (χ4n) is 6.06. The van der Waals surface area contributed by atoms with Crippen LogP contribution >= 0.6 is 0 Å². The topological polar surface area (TPSA) is 91.8 Å². The molecule has 2 aliphatic heterocycles. The zero-order chi connectivity index (χ0) is 26.5. The SMILES string of the molecule is Fc1cc(F)c(Nc2cc(-c3nc(N4CCC5NCCCC54)c4c(C5CCC5)cncc4n3)ccn2)nc1F. The minimum Gasteiger partial charge on any atom is -0.351 e. The molecule has 200 valence electrons. The van der Waals surface area contributed by atoms with E-state index in [0.717, 1.165) is 61.9 Å². The van der Waals surface area contributed by atoms with E-state index in [1.807, 2.05) is 6.20 Å². The summed E-state index contributed by atoms with van der Waals surface area (Å²) in [6, 6.07) is 4.67. The summed E-state index contributed by atoms with van der Waals surface area (Å²) in [4.78, 5) is 24.6. The van der Waals surface area contributed by atoms with Crippen molar-refractivity contribution in [2.75, 3.05) is 23.3 Å². The van der Waals surface area contributed by atoms with Crippen LogP contribution in [0.1, 0.15) is 50.0 Å². The van der Waals surface area contributed by atoms with E-state index in [2.05, 4.69) is 30.5 Å². The summed E-state index contributed by atoms with van der Waals surface area (Å²) in [7, 11) is 0. The molecule has 1 aliphatic carbocycles. The van der Waals surface area contributed by atoms with Crippen LogP contribution < -0.4 is 15.5 Å². The fraction of sp³-hybridized carbons (Fsp3) is 0.393. The molecule has 2 atom stereocenters. The largest absolute Gasteiger partial charge is 0.351 e. The molecule has 0 bridgehead atoms. The minimum absolute atomic E-state index is 0.203. The van der Waals surface area contributed by atoms with Crippen LogP contribution in [0.25, 0.3) is 22.3 Å². The molecule has 0 aromatic carbocycles. The molecule has 7 rings (SSSR count). The maximum Gasteiger partial charge on any atom is 0.251 e. The van der Waals surface area contributed by atoms with Crippen LogP contribution in [0.3, 0.4) is 0 Å². The summed E-state index contributed by atoms with van der Waals surface area (Å²) in [6.45, 7) is 1.95. The van der Waals surface area contributed by atoms with Crippen molar-refractivity contribution >= 4 is 28.4 Å². The Balaban J connectivity index is 1.32. The number of halogens is 3. The molecule has 2 saturated heterocycles. The van der Waals surface area contributed by atoms with E-state index < -0.39 is 23.4 Å². The van der Waals surface area contributed by atoms with Gasteiger partial charge >= 0.3 is 0 Å². The molecule has 0 spiro atoms. The monoisotopic (exact) mass is 532 g/mol. The molecule has 39 heavy (non-hydrogen) atoms. The lowest BCUT2D eigenvalue weighted by Crippen LogP contribution is -2.47. The van der Waals surface area contributed by atoms with Gasteiger partial charge in [0.05, 0.1) is 11.7 Å². The molecule has 4 aromatic heterocycles. The summed E-state index contributed by atoms with van der Waals surface area (Å²) >= 11 is 0. The molecular weight excluding hydrogens is 505 g/mol. The molecule has 0 amide bonds. The Morgan fingerprint density at radius 2 is 1.85 bits per heavy atom. The van der Waals surface area contributed by atoms with Gasteiger partial charge in [0.2, 0.25) is 0 Å². The van der Waals surface area contributed by atoms with Crippen molar-refractivity contribution in [1.82, 2.24) is 30.2 Å². The first-order chi connectivity index (χ1) is 19.0. The van der Waals surface area contributed by atoms with Crippen molar-refractivity contribution < 1.29 is 13.2 Å². The Hall–Kier alpha value is -3.86. The maximum absolute atomic E-state index is 14.2. The first kappa shape index (κ1) is 24.2. The molecule has 11 heteroatoms. The van der Waals surface area contributed by atoms with E-state index in [1.54, 1.807) is 18.3 Å². The quantitative estimate of drug-likeness (QED) is 0.337. The second kappa shape index (κ2) is 9.71. The number of nitrogens with one attached hydrogen (secondary N) is 2. The number of hydrogen-bond donors (Lipinski definition) is 2. The van der Waals surface area contributed by atoms with Crippen molar-refractivity contribution in [2.24, 2.45) is 0 Å². The number of rotatable bonds is 5. The van der Waals surface area contributed by atoms with E-state index in [0.29, 0.717) is 35.5 Å². The van der Waals surface area contributed by atoms with Crippen LogP contribution in [0.5, 0.6) is 0 Å². The van der Waals surface area contributed by atoms with Crippen LogP contribution in [-0.4, -0.2) is 50.1 Å². The van der Waals surface area contributed by atoms with Crippen molar-refractivity contribution in [3.8, 4) is 11.4 Å². The highest BCUT2D eigenvalue weighted by Gasteiger charge is 2.38. The summed E-state index contributed by atoms with van der Waals surface area (Å²) < 4.78 is 41.2. The third-order valence-corrected chi connectivity index (χ3v) is 8.21. The van der Waals surface area contributed by atoms with E-state index in [-0.39, 0.29) is 5.82 Å². The van der Waals surface area contributed by atoms with Crippen molar-refractivity contribution in [2.45, 2.75) is 56.5 Å². The number of nitrogens with zero attached hydrogens (tertiary/aromatic N) is 6. The molecule has 6 heterocycles. The molecule has 2 unspecified atom stereocenters. The van der Waals surface area contributed by atoms with Gasteiger partial charge in [-0.25, -0.2) is 23.7 Å². The third kappa shape index (κ3) is 4.34. The van der Waals surface area contributed by atoms with Crippen LogP contribution in [0.2, 0.25) is 0 Å². The van der Waals surface area contributed by atoms with Gasteiger partial charge < -0.3 is 15.5 Å². The van der Waals surface area contributed by atoms with Gasteiger partial charge in [-0.1, -0.05) is 6.42 Å². The van der Waals surface area contributed by atoms with Crippen LogP contribution in [0.15, 0.2) is 36.8 Å². The molecule has 8 nitrogen and oxygen atoms in total. The third-order valence-electron chi connectivity index (χ3n) is 8.21. The summed E-state index contributed by atoms with van der Waals surface area (Å²) in [5.74, 6) is -2.15. The lowest BCUT2D eigenvalue weighted by Gasteiger charge is -2.34. The zero-order valence-corrected chi connectivity index (χ0v) is 21.2. The number of piperidine rings is 1. The lowest BCUT2D eigenvalue weighted by molar-refractivity contribution is 0.382. The molecule has 3 fully saturated rings. The predicted octanol–water partition coefficient (Wildman–Crippen LogP) is 5.24. The minimum atomic E-state index is -1.39. The second-order valence-corrected chi connectivity index (χ2v) is 10.5.